The fraction of sp³-hybridized carbons (Fsp3) is 0.154. The van der Waals surface area contributed by atoms with Gasteiger partial charge in [0.05, 0.1) is 7.14 Å². The smallest absolute Gasteiger partial charge is 0.363 e. The van der Waals surface area contributed by atoms with Crippen LogP contribution in [-0.4, -0.2) is 11.9 Å². The molecule has 33 heavy (non-hydrogen) atoms. The molecule has 0 fully saturated rings. The first-order chi connectivity index (χ1) is 15.8. The minimum absolute atomic E-state index is 0.272. The molecular weight excluding hydrogens is 664 g/mol. The van der Waals surface area contributed by atoms with E-state index in [-0.39, 0.29) is 5.70 Å². The summed E-state index contributed by atoms with van der Waals surface area (Å²) in [4.78, 5) is 16.9. The molecule has 0 amide bonds. The van der Waals surface area contributed by atoms with Crippen molar-refractivity contribution in [3.63, 3.8) is 0 Å². The van der Waals surface area contributed by atoms with Gasteiger partial charge in [0.2, 0.25) is 5.90 Å². The van der Waals surface area contributed by atoms with Gasteiger partial charge in [-0.25, -0.2) is 9.79 Å². The van der Waals surface area contributed by atoms with E-state index in [4.69, 9.17) is 21.1 Å². The van der Waals surface area contributed by atoms with Crippen molar-refractivity contribution in [2.45, 2.75) is 26.4 Å². The Morgan fingerprint density at radius 2 is 1.73 bits per heavy atom. The highest BCUT2D eigenvalue weighted by Crippen LogP contribution is 2.32. The van der Waals surface area contributed by atoms with Crippen molar-refractivity contribution in [3.8, 4) is 5.75 Å². The van der Waals surface area contributed by atoms with E-state index >= 15 is 0 Å². The zero-order chi connectivity index (χ0) is 23.5. The fourth-order valence-electron chi connectivity index (χ4n) is 3.27. The van der Waals surface area contributed by atoms with Crippen molar-refractivity contribution in [2.24, 2.45) is 4.99 Å². The van der Waals surface area contributed by atoms with E-state index in [0.29, 0.717) is 23.4 Å². The molecular formula is C26H20ClI2NO3. The van der Waals surface area contributed by atoms with Gasteiger partial charge in [-0.3, -0.25) is 0 Å². The number of aliphatic imine (C=N–C) groups is 1. The molecule has 7 heteroatoms. The van der Waals surface area contributed by atoms with Crippen LogP contribution < -0.4 is 4.74 Å². The van der Waals surface area contributed by atoms with Crippen molar-refractivity contribution < 1.29 is 14.3 Å². The Kier molecular flexibility index (Phi) is 7.76. The molecule has 0 N–H and O–H groups in total. The SMILES string of the molecule is CC(C)c1ccc(C2=NC(=Cc3cc(I)c(OCc4ccccc4Cl)c(I)c3)C(=O)O2)cc1. The summed E-state index contributed by atoms with van der Waals surface area (Å²) in [5.74, 6) is 1.08. The Morgan fingerprint density at radius 3 is 2.36 bits per heavy atom. The lowest BCUT2D eigenvalue weighted by molar-refractivity contribution is -0.129. The number of carbonyl (C=O) groups is 1. The largest absolute Gasteiger partial charge is 0.487 e. The van der Waals surface area contributed by atoms with E-state index in [1.54, 1.807) is 6.08 Å². The van der Waals surface area contributed by atoms with Crippen LogP contribution in [0, 0.1) is 7.14 Å². The quantitative estimate of drug-likeness (QED) is 0.153. The molecule has 4 nitrogen and oxygen atoms in total. The molecule has 1 heterocycles. The topological polar surface area (TPSA) is 47.9 Å². The summed E-state index contributed by atoms with van der Waals surface area (Å²) in [5, 5.41) is 0.677. The number of carbonyl (C=O) groups excluding carboxylic acids is 1. The number of hydrogen-bond acceptors (Lipinski definition) is 4. The van der Waals surface area contributed by atoms with Crippen LogP contribution in [0.5, 0.6) is 5.75 Å². The third kappa shape index (κ3) is 5.78. The monoisotopic (exact) mass is 683 g/mol. The minimum atomic E-state index is -0.456. The Balaban J connectivity index is 1.54. The van der Waals surface area contributed by atoms with Crippen molar-refractivity contribution in [2.75, 3.05) is 0 Å². The number of rotatable bonds is 6. The number of esters is 1. The van der Waals surface area contributed by atoms with Crippen molar-refractivity contribution >= 4 is 74.7 Å². The first-order valence-electron chi connectivity index (χ1n) is 10.3. The fourth-order valence-corrected chi connectivity index (χ4v) is 5.59. The number of hydrogen-bond donors (Lipinski definition) is 0. The number of nitrogens with zero attached hydrogens (tertiary/aromatic N) is 1. The molecule has 3 aromatic carbocycles. The van der Waals surface area contributed by atoms with Gasteiger partial charge in [0, 0.05) is 16.1 Å². The summed E-state index contributed by atoms with van der Waals surface area (Å²) in [6, 6.07) is 19.5. The summed E-state index contributed by atoms with van der Waals surface area (Å²) < 4.78 is 13.3. The van der Waals surface area contributed by atoms with E-state index in [1.807, 2.05) is 60.7 Å². The van der Waals surface area contributed by atoms with Crippen molar-refractivity contribution in [1.82, 2.24) is 0 Å². The molecule has 0 saturated heterocycles. The first kappa shape index (κ1) is 24.2. The highest BCUT2D eigenvalue weighted by Gasteiger charge is 2.24. The van der Waals surface area contributed by atoms with E-state index in [9.17, 15) is 4.79 Å². The van der Waals surface area contributed by atoms with Gasteiger partial charge in [-0.15, -0.1) is 0 Å². The zero-order valence-corrected chi connectivity index (χ0v) is 23.0. The summed E-state index contributed by atoms with van der Waals surface area (Å²) in [7, 11) is 0. The molecule has 1 aliphatic heterocycles. The number of cyclic esters (lactones) is 1. The van der Waals surface area contributed by atoms with Crippen LogP contribution >= 0.6 is 56.8 Å². The van der Waals surface area contributed by atoms with Gasteiger partial charge < -0.3 is 9.47 Å². The predicted molar refractivity (Wildman–Crippen MR) is 149 cm³/mol. The molecule has 0 spiro atoms. The number of ether oxygens (including phenoxy) is 2. The molecule has 168 valence electrons. The second-order valence-electron chi connectivity index (χ2n) is 7.81. The second-order valence-corrected chi connectivity index (χ2v) is 10.5. The number of benzene rings is 3. The molecule has 1 aliphatic rings. The van der Waals surface area contributed by atoms with Crippen LogP contribution in [-0.2, 0) is 16.1 Å². The Labute approximate surface area is 225 Å². The maximum Gasteiger partial charge on any atom is 0.363 e. The van der Waals surface area contributed by atoms with Gasteiger partial charge in [0.25, 0.3) is 0 Å². The Morgan fingerprint density at radius 1 is 1.06 bits per heavy atom. The van der Waals surface area contributed by atoms with E-state index in [1.165, 1.54) is 5.56 Å². The van der Waals surface area contributed by atoms with Crippen molar-refractivity contribution in [3.05, 3.63) is 101 Å². The molecule has 0 radical (unpaired) electrons. The van der Waals surface area contributed by atoms with Crippen LogP contribution in [0.1, 0.15) is 42.0 Å². The molecule has 0 aromatic heterocycles. The molecule has 4 rings (SSSR count). The van der Waals surface area contributed by atoms with Gasteiger partial charge in [0.15, 0.2) is 5.70 Å². The minimum Gasteiger partial charge on any atom is -0.487 e. The molecule has 0 unspecified atom stereocenters. The van der Waals surface area contributed by atoms with Gasteiger partial charge in [-0.1, -0.05) is 55.8 Å². The lowest BCUT2D eigenvalue weighted by atomic mass is 10.0. The van der Waals surface area contributed by atoms with Gasteiger partial charge >= 0.3 is 5.97 Å². The third-order valence-electron chi connectivity index (χ3n) is 5.10. The van der Waals surface area contributed by atoms with Gasteiger partial charge in [-0.2, -0.15) is 0 Å². The van der Waals surface area contributed by atoms with Crippen LogP contribution in [0.3, 0.4) is 0 Å². The summed E-state index contributed by atoms with van der Waals surface area (Å²) in [6.07, 6.45) is 1.74. The molecule has 0 saturated carbocycles. The summed E-state index contributed by atoms with van der Waals surface area (Å²) in [6.45, 7) is 4.65. The van der Waals surface area contributed by atoms with Crippen LogP contribution in [0.2, 0.25) is 5.02 Å². The second kappa shape index (κ2) is 10.6. The first-order valence-corrected chi connectivity index (χ1v) is 12.8. The summed E-state index contributed by atoms with van der Waals surface area (Å²) >= 11 is 10.7. The van der Waals surface area contributed by atoms with Crippen LogP contribution in [0.25, 0.3) is 6.08 Å². The standard InChI is InChI=1S/C26H20ClI2NO3/c1-15(2)17-7-9-18(10-8-17)25-30-23(26(31)33-25)13-16-11-21(28)24(22(29)12-16)32-14-19-5-3-4-6-20(19)27/h3-13,15H,14H2,1-2H3. The lowest BCUT2D eigenvalue weighted by Gasteiger charge is -2.12. The van der Waals surface area contributed by atoms with E-state index in [2.05, 4.69) is 64.0 Å². The van der Waals surface area contributed by atoms with E-state index in [0.717, 1.165) is 29.6 Å². The van der Waals surface area contributed by atoms with Crippen molar-refractivity contribution in [1.29, 1.82) is 0 Å². The maximum absolute atomic E-state index is 12.4. The molecule has 3 aromatic rings. The normalized spacial score (nSPS) is 14.5. The lowest BCUT2D eigenvalue weighted by Crippen LogP contribution is -2.05. The third-order valence-corrected chi connectivity index (χ3v) is 7.07. The molecule has 0 atom stereocenters. The van der Waals surface area contributed by atoms with Gasteiger partial charge in [-0.05, 0) is 98.6 Å². The average Bonchev–Trinajstić information content (AvgIpc) is 3.14. The Hall–Kier alpha value is -1.91. The summed E-state index contributed by atoms with van der Waals surface area (Å²) in [5.41, 5.74) is 4.05. The molecule has 0 bridgehead atoms. The average molecular weight is 684 g/mol. The Bertz CT molecular complexity index is 1240. The molecule has 0 aliphatic carbocycles. The van der Waals surface area contributed by atoms with Crippen LogP contribution in [0.4, 0.5) is 0 Å². The van der Waals surface area contributed by atoms with E-state index < -0.39 is 5.97 Å². The zero-order valence-electron chi connectivity index (χ0n) is 17.9. The highest BCUT2D eigenvalue weighted by atomic mass is 127. The predicted octanol–water partition coefficient (Wildman–Crippen LogP) is 7.60. The number of halogens is 3. The van der Waals surface area contributed by atoms with Gasteiger partial charge in [0.1, 0.15) is 12.4 Å². The maximum atomic E-state index is 12.4. The highest BCUT2D eigenvalue weighted by molar-refractivity contribution is 14.1. The van der Waals surface area contributed by atoms with Crippen LogP contribution in [0.15, 0.2) is 71.4 Å².